The zero-order chi connectivity index (χ0) is 10.4. The maximum atomic E-state index is 11.2. The molecule has 0 spiro atoms. The fourth-order valence-electron chi connectivity index (χ4n) is 1.99. The number of hydrogen-bond acceptors (Lipinski definition) is 2. The van der Waals surface area contributed by atoms with Gasteiger partial charge in [-0.05, 0) is 0 Å². The number of aromatic nitrogens is 1. The molecule has 1 aromatic carbocycles. The second-order valence-corrected chi connectivity index (χ2v) is 4.67. The molecule has 2 aromatic rings. The first kappa shape index (κ1) is 8.85. The highest BCUT2D eigenvalue weighted by molar-refractivity contribution is 7.99. The van der Waals surface area contributed by atoms with Crippen LogP contribution in [0.5, 0.6) is 0 Å². The molecule has 15 heavy (non-hydrogen) atoms. The predicted octanol–water partition coefficient (Wildman–Crippen LogP) is 1.77. The van der Waals surface area contributed by atoms with Crippen LogP contribution in [-0.4, -0.2) is 16.2 Å². The average molecular weight is 218 g/mol. The lowest BCUT2D eigenvalue weighted by molar-refractivity contribution is -0.120. The third-order valence-corrected chi connectivity index (χ3v) is 3.93. The molecule has 0 aliphatic carbocycles. The van der Waals surface area contributed by atoms with E-state index >= 15 is 0 Å². The van der Waals surface area contributed by atoms with E-state index in [-0.39, 0.29) is 11.9 Å². The molecule has 1 aliphatic heterocycles. The minimum absolute atomic E-state index is 0.183. The van der Waals surface area contributed by atoms with E-state index in [1.807, 2.05) is 22.9 Å². The first-order chi connectivity index (χ1) is 7.27. The Hall–Kier alpha value is -1.42. The van der Waals surface area contributed by atoms with Gasteiger partial charge in [0.1, 0.15) is 6.04 Å². The molecule has 1 aliphatic rings. The van der Waals surface area contributed by atoms with Gasteiger partial charge >= 0.3 is 0 Å². The summed E-state index contributed by atoms with van der Waals surface area (Å²) in [6.07, 6.45) is 2.01. The van der Waals surface area contributed by atoms with E-state index < -0.39 is 0 Å². The van der Waals surface area contributed by atoms with Crippen molar-refractivity contribution in [1.29, 1.82) is 0 Å². The molecule has 2 N–H and O–H groups in total. The van der Waals surface area contributed by atoms with Gasteiger partial charge in [0.05, 0.1) is 5.03 Å². The van der Waals surface area contributed by atoms with Crippen molar-refractivity contribution in [3.63, 3.8) is 0 Å². The molecule has 2 heterocycles. The second-order valence-electron chi connectivity index (χ2n) is 3.66. The van der Waals surface area contributed by atoms with Crippen LogP contribution in [0.3, 0.4) is 0 Å². The van der Waals surface area contributed by atoms with Crippen LogP contribution in [0, 0.1) is 0 Å². The van der Waals surface area contributed by atoms with Crippen molar-refractivity contribution in [2.45, 2.75) is 11.1 Å². The summed E-state index contributed by atoms with van der Waals surface area (Å²) < 4.78 is 2.00. The Morgan fingerprint density at radius 3 is 3.07 bits per heavy atom. The van der Waals surface area contributed by atoms with Crippen molar-refractivity contribution >= 4 is 28.4 Å². The maximum absolute atomic E-state index is 11.2. The number of hydrogen-bond donors (Lipinski definition) is 1. The topological polar surface area (TPSA) is 48.0 Å². The predicted molar refractivity (Wildman–Crippen MR) is 60.9 cm³/mol. The Kier molecular flexibility index (Phi) is 1.79. The number of thioether (sulfide) groups is 1. The molecule has 0 saturated carbocycles. The second kappa shape index (κ2) is 3.03. The molecule has 0 fully saturated rings. The average Bonchev–Trinajstić information content (AvgIpc) is 2.74. The van der Waals surface area contributed by atoms with E-state index in [9.17, 15) is 4.79 Å². The Morgan fingerprint density at radius 2 is 2.27 bits per heavy atom. The molecule has 4 heteroatoms. The standard InChI is InChI=1S/C11H10N2OS/c12-10(14)9-6-15-11-8-4-2-1-3-7(8)5-13(9)11/h1-5,9H,6H2,(H2,12,14). The lowest BCUT2D eigenvalue weighted by Gasteiger charge is -2.06. The van der Waals surface area contributed by atoms with Gasteiger partial charge in [0.2, 0.25) is 5.91 Å². The van der Waals surface area contributed by atoms with Crippen LogP contribution in [0.1, 0.15) is 6.04 Å². The van der Waals surface area contributed by atoms with E-state index in [1.165, 1.54) is 10.8 Å². The highest BCUT2D eigenvalue weighted by Gasteiger charge is 2.28. The van der Waals surface area contributed by atoms with Crippen molar-refractivity contribution in [2.75, 3.05) is 5.75 Å². The lowest BCUT2D eigenvalue weighted by atomic mass is 10.2. The van der Waals surface area contributed by atoms with Crippen LogP contribution in [0.2, 0.25) is 0 Å². The first-order valence-electron chi connectivity index (χ1n) is 4.79. The van der Waals surface area contributed by atoms with Crippen molar-refractivity contribution in [3.8, 4) is 0 Å². The summed E-state index contributed by atoms with van der Waals surface area (Å²) in [5.41, 5.74) is 5.36. The number of nitrogens with two attached hydrogens (primary N) is 1. The summed E-state index contributed by atoms with van der Waals surface area (Å²) in [6.45, 7) is 0. The van der Waals surface area contributed by atoms with Gasteiger partial charge in [0.15, 0.2) is 0 Å². The summed E-state index contributed by atoms with van der Waals surface area (Å²) >= 11 is 1.70. The van der Waals surface area contributed by atoms with Crippen molar-refractivity contribution in [3.05, 3.63) is 30.5 Å². The molecule has 3 rings (SSSR count). The van der Waals surface area contributed by atoms with Gasteiger partial charge in [-0.1, -0.05) is 24.3 Å². The number of carbonyl (C=O) groups is 1. The van der Waals surface area contributed by atoms with Crippen molar-refractivity contribution in [1.82, 2.24) is 4.57 Å². The quantitative estimate of drug-likeness (QED) is 0.793. The number of amides is 1. The number of benzene rings is 1. The first-order valence-corrected chi connectivity index (χ1v) is 5.77. The normalized spacial score (nSPS) is 19.3. The van der Waals surface area contributed by atoms with Gasteiger partial charge in [0.25, 0.3) is 0 Å². The summed E-state index contributed by atoms with van der Waals surface area (Å²) in [7, 11) is 0. The van der Waals surface area contributed by atoms with Crippen molar-refractivity contribution < 1.29 is 4.79 Å². The molecule has 76 valence electrons. The van der Waals surface area contributed by atoms with Crippen LogP contribution in [0.25, 0.3) is 10.8 Å². The molecule has 1 atom stereocenters. The van der Waals surface area contributed by atoms with E-state index in [0.29, 0.717) is 0 Å². The monoisotopic (exact) mass is 218 g/mol. The molecular formula is C11H10N2OS. The minimum Gasteiger partial charge on any atom is -0.368 e. The van der Waals surface area contributed by atoms with Crippen LogP contribution in [0.4, 0.5) is 0 Å². The minimum atomic E-state index is -0.249. The molecule has 1 amide bonds. The lowest BCUT2D eigenvalue weighted by Crippen LogP contribution is -2.25. The van der Waals surface area contributed by atoms with Crippen LogP contribution < -0.4 is 5.73 Å². The molecule has 0 bridgehead atoms. The van der Waals surface area contributed by atoms with Crippen LogP contribution >= 0.6 is 11.8 Å². The van der Waals surface area contributed by atoms with Gasteiger partial charge in [-0.15, -0.1) is 11.8 Å². The van der Waals surface area contributed by atoms with Gasteiger partial charge in [-0.25, -0.2) is 0 Å². The van der Waals surface area contributed by atoms with Gasteiger partial charge in [-0.3, -0.25) is 4.79 Å². The smallest absolute Gasteiger partial charge is 0.241 e. The van der Waals surface area contributed by atoms with E-state index in [0.717, 1.165) is 10.8 Å². The van der Waals surface area contributed by atoms with Crippen LogP contribution in [-0.2, 0) is 4.79 Å². The van der Waals surface area contributed by atoms with E-state index in [2.05, 4.69) is 12.1 Å². The van der Waals surface area contributed by atoms with E-state index in [4.69, 9.17) is 5.73 Å². The number of nitrogens with zero attached hydrogens (tertiary/aromatic N) is 1. The Morgan fingerprint density at radius 1 is 1.47 bits per heavy atom. The summed E-state index contributed by atoms with van der Waals surface area (Å²) in [6, 6.07) is 7.97. The highest BCUT2D eigenvalue weighted by Crippen LogP contribution is 2.39. The molecule has 0 saturated heterocycles. The third kappa shape index (κ3) is 1.18. The molecule has 1 unspecified atom stereocenters. The largest absolute Gasteiger partial charge is 0.368 e. The summed E-state index contributed by atoms with van der Waals surface area (Å²) in [5, 5.41) is 3.55. The molecular weight excluding hydrogens is 208 g/mol. The fraction of sp³-hybridized carbons (Fsp3) is 0.182. The number of rotatable bonds is 1. The summed E-state index contributed by atoms with van der Waals surface area (Å²) in [5.74, 6) is 0.511. The Balaban J connectivity index is 2.25. The third-order valence-electron chi connectivity index (χ3n) is 2.75. The summed E-state index contributed by atoms with van der Waals surface area (Å²) in [4.78, 5) is 11.2. The van der Waals surface area contributed by atoms with E-state index in [1.54, 1.807) is 11.8 Å². The molecule has 3 nitrogen and oxygen atoms in total. The molecule has 0 radical (unpaired) electrons. The zero-order valence-corrected chi connectivity index (χ0v) is 8.83. The molecule has 1 aromatic heterocycles. The van der Waals surface area contributed by atoms with Gasteiger partial charge in [0, 0.05) is 22.7 Å². The van der Waals surface area contributed by atoms with Crippen LogP contribution in [0.15, 0.2) is 35.5 Å². The number of primary amides is 1. The SMILES string of the molecule is NC(=O)C1CSc2c3ccccc3cn21. The Bertz CT molecular complexity index is 547. The zero-order valence-electron chi connectivity index (χ0n) is 8.01. The highest BCUT2D eigenvalue weighted by atomic mass is 32.2. The van der Waals surface area contributed by atoms with Gasteiger partial charge in [-0.2, -0.15) is 0 Å². The fourth-order valence-corrected chi connectivity index (χ4v) is 3.30. The van der Waals surface area contributed by atoms with Gasteiger partial charge < -0.3 is 10.3 Å². The number of carbonyl (C=O) groups excluding carboxylic acids is 1. The number of fused-ring (bicyclic) bond motifs is 3. The Labute approximate surface area is 91.2 Å². The maximum Gasteiger partial charge on any atom is 0.241 e. The van der Waals surface area contributed by atoms with Crippen molar-refractivity contribution in [2.24, 2.45) is 5.73 Å².